The van der Waals surface area contributed by atoms with Gasteiger partial charge < -0.3 is 19.4 Å². The Labute approximate surface area is 211 Å². The Bertz CT molecular complexity index is 1340. The van der Waals surface area contributed by atoms with Crippen LogP contribution in [0.4, 0.5) is 0 Å². The predicted molar refractivity (Wildman–Crippen MR) is 144 cm³/mol. The van der Waals surface area contributed by atoms with Crippen molar-refractivity contribution in [2.75, 3.05) is 20.3 Å². The Hall–Kier alpha value is -4.32. The summed E-state index contributed by atoms with van der Waals surface area (Å²) in [5, 5.41) is 2.95. The molecule has 3 aromatic carbocycles. The number of aromatic nitrogens is 2. The Balaban J connectivity index is 1.39. The summed E-state index contributed by atoms with van der Waals surface area (Å²) in [4.78, 5) is 17.1. The molecule has 1 aromatic heterocycles. The third kappa shape index (κ3) is 6.42. The van der Waals surface area contributed by atoms with Crippen LogP contribution in [0.5, 0.6) is 11.5 Å². The van der Waals surface area contributed by atoms with Crippen molar-refractivity contribution in [3.8, 4) is 11.5 Å². The molecule has 0 atom stereocenters. The van der Waals surface area contributed by atoms with Gasteiger partial charge in [-0.15, -0.1) is 6.58 Å². The van der Waals surface area contributed by atoms with Gasteiger partial charge in [0.15, 0.2) is 11.5 Å². The third-order valence-corrected chi connectivity index (χ3v) is 5.79. The van der Waals surface area contributed by atoms with Crippen LogP contribution < -0.4 is 14.8 Å². The molecule has 0 bridgehead atoms. The molecule has 0 radical (unpaired) electrons. The number of ether oxygens (including phenoxy) is 2. The number of amides is 1. The summed E-state index contributed by atoms with van der Waals surface area (Å²) < 4.78 is 13.7. The van der Waals surface area contributed by atoms with Gasteiger partial charge in [0, 0.05) is 19.0 Å². The highest BCUT2D eigenvalue weighted by atomic mass is 16.5. The Morgan fingerprint density at radius 3 is 2.67 bits per heavy atom. The molecule has 4 rings (SSSR count). The molecule has 36 heavy (non-hydrogen) atoms. The first-order valence-electron chi connectivity index (χ1n) is 12.0. The van der Waals surface area contributed by atoms with E-state index < -0.39 is 0 Å². The van der Waals surface area contributed by atoms with Crippen molar-refractivity contribution in [1.82, 2.24) is 14.9 Å². The summed E-state index contributed by atoms with van der Waals surface area (Å²) in [6, 6.07) is 23.7. The van der Waals surface area contributed by atoms with Gasteiger partial charge in [0.2, 0.25) is 5.91 Å². The summed E-state index contributed by atoms with van der Waals surface area (Å²) in [6.07, 6.45) is 6.61. The van der Waals surface area contributed by atoms with Gasteiger partial charge in [0.1, 0.15) is 12.4 Å². The van der Waals surface area contributed by atoms with Crippen LogP contribution in [0.2, 0.25) is 0 Å². The lowest BCUT2D eigenvalue weighted by atomic mass is 10.1. The Morgan fingerprint density at radius 2 is 1.86 bits per heavy atom. The molecular weight excluding hydrogens is 450 g/mol. The van der Waals surface area contributed by atoms with Gasteiger partial charge in [-0.05, 0) is 47.9 Å². The molecule has 1 N–H and O–H groups in total. The fourth-order valence-electron chi connectivity index (χ4n) is 4.03. The third-order valence-electron chi connectivity index (χ3n) is 5.79. The molecule has 0 fully saturated rings. The van der Waals surface area contributed by atoms with Crippen molar-refractivity contribution < 1.29 is 14.3 Å². The number of imidazole rings is 1. The van der Waals surface area contributed by atoms with Gasteiger partial charge in [-0.25, -0.2) is 4.98 Å². The zero-order chi connectivity index (χ0) is 25.2. The van der Waals surface area contributed by atoms with Crippen molar-refractivity contribution in [3.63, 3.8) is 0 Å². The SMILES string of the molecule is C=CCc1ccc(OCCn2c(CCNC(=O)/C=C/c3ccccc3)nc3ccccc32)c(OC)c1. The number of para-hydroxylation sites is 2. The van der Waals surface area contributed by atoms with Crippen LogP contribution in [0.25, 0.3) is 17.1 Å². The average molecular weight is 482 g/mol. The molecule has 184 valence electrons. The zero-order valence-corrected chi connectivity index (χ0v) is 20.5. The minimum Gasteiger partial charge on any atom is -0.493 e. The fourth-order valence-corrected chi connectivity index (χ4v) is 4.03. The highest BCUT2D eigenvalue weighted by Gasteiger charge is 2.12. The lowest BCUT2D eigenvalue weighted by molar-refractivity contribution is -0.116. The van der Waals surface area contributed by atoms with E-state index in [0.29, 0.717) is 37.6 Å². The number of fused-ring (bicyclic) bond motifs is 1. The minimum atomic E-state index is -0.128. The van der Waals surface area contributed by atoms with Gasteiger partial charge >= 0.3 is 0 Å². The number of rotatable bonds is 12. The van der Waals surface area contributed by atoms with E-state index in [2.05, 4.69) is 22.5 Å². The summed E-state index contributed by atoms with van der Waals surface area (Å²) in [7, 11) is 1.64. The van der Waals surface area contributed by atoms with Crippen LogP contribution in [0.15, 0.2) is 91.5 Å². The number of hydrogen-bond acceptors (Lipinski definition) is 4. The van der Waals surface area contributed by atoms with Crippen molar-refractivity contribution in [3.05, 3.63) is 108 Å². The minimum absolute atomic E-state index is 0.128. The maximum Gasteiger partial charge on any atom is 0.244 e. The Morgan fingerprint density at radius 1 is 1.06 bits per heavy atom. The average Bonchev–Trinajstić information content (AvgIpc) is 3.26. The van der Waals surface area contributed by atoms with E-state index in [1.54, 1.807) is 19.3 Å². The molecule has 0 aliphatic carbocycles. The second-order valence-corrected chi connectivity index (χ2v) is 8.28. The number of carbonyl (C=O) groups is 1. The predicted octanol–water partition coefficient (Wildman–Crippen LogP) is 5.22. The summed E-state index contributed by atoms with van der Waals surface area (Å²) in [5.74, 6) is 2.18. The number of hydrogen-bond donors (Lipinski definition) is 1. The van der Waals surface area contributed by atoms with E-state index in [-0.39, 0.29) is 5.91 Å². The maximum atomic E-state index is 12.3. The molecule has 6 nitrogen and oxygen atoms in total. The highest BCUT2D eigenvalue weighted by Crippen LogP contribution is 2.28. The van der Waals surface area contributed by atoms with Gasteiger partial charge in [0.05, 0.1) is 24.7 Å². The van der Waals surface area contributed by atoms with Crippen LogP contribution in [-0.2, 0) is 24.2 Å². The molecule has 4 aromatic rings. The number of nitrogens with one attached hydrogen (secondary N) is 1. The summed E-state index contributed by atoms with van der Waals surface area (Å²) >= 11 is 0. The fraction of sp³-hybridized carbons (Fsp3) is 0.200. The molecule has 6 heteroatoms. The molecule has 0 spiro atoms. The number of nitrogens with zero attached hydrogens (tertiary/aromatic N) is 2. The molecule has 0 aliphatic rings. The van der Waals surface area contributed by atoms with Crippen molar-refractivity contribution in [2.24, 2.45) is 0 Å². The van der Waals surface area contributed by atoms with Crippen LogP contribution in [0.3, 0.4) is 0 Å². The van der Waals surface area contributed by atoms with Crippen molar-refractivity contribution >= 4 is 23.0 Å². The van der Waals surface area contributed by atoms with E-state index in [1.807, 2.05) is 72.8 Å². The first kappa shape index (κ1) is 24.8. The van der Waals surface area contributed by atoms with Gasteiger partial charge in [-0.1, -0.05) is 54.6 Å². The van der Waals surface area contributed by atoms with E-state index in [9.17, 15) is 4.79 Å². The van der Waals surface area contributed by atoms with E-state index in [4.69, 9.17) is 14.5 Å². The summed E-state index contributed by atoms with van der Waals surface area (Å²) in [5.41, 5.74) is 4.08. The molecule has 1 heterocycles. The number of carbonyl (C=O) groups excluding carboxylic acids is 1. The molecule has 1 amide bonds. The van der Waals surface area contributed by atoms with E-state index in [1.165, 1.54) is 0 Å². The maximum absolute atomic E-state index is 12.3. The normalized spacial score (nSPS) is 11.0. The second kappa shape index (κ2) is 12.4. The van der Waals surface area contributed by atoms with Gasteiger partial charge in [-0.2, -0.15) is 0 Å². The molecule has 0 saturated heterocycles. The van der Waals surface area contributed by atoms with E-state index >= 15 is 0 Å². The number of benzene rings is 3. The second-order valence-electron chi connectivity index (χ2n) is 8.28. The lowest BCUT2D eigenvalue weighted by Gasteiger charge is -2.14. The number of methoxy groups -OCH3 is 1. The van der Waals surface area contributed by atoms with Gasteiger partial charge in [0.25, 0.3) is 0 Å². The largest absolute Gasteiger partial charge is 0.493 e. The topological polar surface area (TPSA) is 65.4 Å². The quantitative estimate of drug-likeness (QED) is 0.222. The van der Waals surface area contributed by atoms with E-state index in [0.717, 1.165) is 34.4 Å². The molecule has 0 aliphatic heterocycles. The lowest BCUT2D eigenvalue weighted by Crippen LogP contribution is -2.25. The van der Waals surface area contributed by atoms with Crippen LogP contribution in [-0.4, -0.2) is 35.7 Å². The Kier molecular flexibility index (Phi) is 8.54. The van der Waals surface area contributed by atoms with Crippen LogP contribution >= 0.6 is 0 Å². The summed E-state index contributed by atoms with van der Waals surface area (Å²) in [6.45, 7) is 5.35. The monoisotopic (exact) mass is 481 g/mol. The van der Waals surface area contributed by atoms with Crippen molar-refractivity contribution in [2.45, 2.75) is 19.4 Å². The van der Waals surface area contributed by atoms with Crippen LogP contribution in [0.1, 0.15) is 17.0 Å². The first-order valence-corrected chi connectivity index (χ1v) is 12.0. The molecule has 0 unspecified atom stereocenters. The molecule has 0 saturated carbocycles. The van der Waals surface area contributed by atoms with Crippen molar-refractivity contribution in [1.29, 1.82) is 0 Å². The number of allylic oxidation sites excluding steroid dienone is 1. The van der Waals surface area contributed by atoms with Crippen LogP contribution in [0, 0.1) is 0 Å². The zero-order valence-electron chi connectivity index (χ0n) is 20.5. The first-order chi connectivity index (χ1) is 17.7. The smallest absolute Gasteiger partial charge is 0.244 e. The standard InChI is InChI=1S/C30H31N3O3/c1-3-9-24-14-16-27(28(22-24)35-2)36-21-20-33-26-13-8-7-12-25(26)32-29(33)18-19-31-30(34)17-15-23-10-5-4-6-11-23/h3-8,10-17,22H,1,9,18-21H2,2H3,(H,31,34)/b17-15+. The molecular formula is C30H31N3O3. The van der Waals surface area contributed by atoms with Gasteiger partial charge in [-0.3, -0.25) is 4.79 Å². The highest BCUT2D eigenvalue weighted by molar-refractivity contribution is 5.91.